The number of nitrogens with zero attached hydrogens (tertiary/aromatic N) is 2. The van der Waals surface area contributed by atoms with E-state index in [9.17, 15) is 18.0 Å². The fourth-order valence-corrected chi connectivity index (χ4v) is 7.26. The van der Waals surface area contributed by atoms with Gasteiger partial charge in [-0.2, -0.15) is 4.31 Å². The summed E-state index contributed by atoms with van der Waals surface area (Å²) in [5.74, 6) is 0.542. The number of pyridine rings is 1. The molecule has 38 heavy (non-hydrogen) atoms. The molecule has 4 rings (SSSR count). The Morgan fingerprint density at radius 2 is 1.97 bits per heavy atom. The Morgan fingerprint density at radius 3 is 2.63 bits per heavy atom. The lowest BCUT2D eigenvalue weighted by atomic mass is 9.87. The Kier molecular flexibility index (Phi) is 8.04. The van der Waals surface area contributed by atoms with Crippen molar-refractivity contribution in [3.8, 4) is 5.75 Å². The van der Waals surface area contributed by atoms with Crippen molar-refractivity contribution in [3.63, 3.8) is 0 Å². The zero-order valence-electron chi connectivity index (χ0n) is 23.0. The van der Waals surface area contributed by atoms with Gasteiger partial charge in [-0.3, -0.25) is 9.59 Å². The van der Waals surface area contributed by atoms with Gasteiger partial charge in [-0.1, -0.05) is 18.2 Å². The summed E-state index contributed by atoms with van der Waals surface area (Å²) in [6.45, 7) is 10.1. The Morgan fingerprint density at radius 1 is 1.26 bits per heavy atom. The number of benzene rings is 1. The molecule has 0 bridgehead atoms. The van der Waals surface area contributed by atoms with E-state index in [0.29, 0.717) is 29.1 Å². The summed E-state index contributed by atoms with van der Waals surface area (Å²) >= 11 is 0. The minimum Gasteiger partial charge on any atom is -0.496 e. The maximum atomic E-state index is 13.5. The van der Waals surface area contributed by atoms with Crippen LogP contribution in [0.15, 0.2) is 35.1 Å². The molecule has 0 aliphatic carbocycles. The minimum absolute atomic E-state index is 0.0357. The molecule has 206 valence electrons. The van der Waals surface area contributed by atoms with Gasteiger partial charge in [-0.05, 0) is 65.5 Å². The summed E-state index contributed by atoms with van der Waals surface area (Å²) in [6, 6.07) is 9.56. The molecule has 1 aromatic carbocycles. The Balaban J connectivity index is 1.63. The highest BCUT2D eigenvalue weighted by atomic mass is 32.2. The predicted molar refractivity (Wildman–Crippen MR) is 149 cm³/mol. The first-order valence-corrected chi connectivity index (χ1v) is 14.7. The summed E-state index contributed by atoms with van der Waals surface area (Å²) < 4.78 is 34.2. The second-order valence-corrected chi connectivity index (χ2v) is 12.5. The quantitative estimate of drug-likeness (QED) is 0.448. The normalized spacial score (nSPS) is 19.4. The Hall–Kier alpha value is -3.11. The number of carbonyl (C=O) groups is 1. The van der Waals surface area contributed by atoms with E-state index in [2.05, 4.69) is 21.8 Å². The number of H-pyrrole nitrogens is 1. The fourth-order valence-electron chi connectivity index (χ4n) is 5.91. The maximum Gasteiger partial charge on any atom is 0.256 e. The lowest BCUT2D eigenvalue weighted by Gasteiger charge is -2.39. The average Bonchev–Trinajstić information content (AvgIpc) is 3.18. The largest absolute Gasteiger partial charge is 0.496 e. The van der Waals surface area contributed by atoms with E-state index >= 15 is 0 Å². The van der Waals surface area contributed by atoms with Gasteiger partial charge in [0.2, 0.25) is 10.0 Å². The molecule has 3 atom stereocenters. The molecule has 1 aliphatic heterocycles. The van der Waals surface area contributed by atoms with Crippen LogP contribution >= 0.6 is 0 Å². The molecule has 0 radical (unpaired) electrons. The first-order valence-electron chi connectivity index (χ1n) is 13.1. The number of ether oxygens (including phenoxy) is 1. The topological polar surface area (TPSA) is 114 Å². The van der Waals surface area contributed by atoms with Crippen molar-refractivity contribution in [3.05, 3.63) is 63.2 Å². The smallest absolute Gasteiger partial charge is 0.256 e. The number of fused-ring (bicyclic) bond motifs is 1. The second-order valence-electron chi connectivity index (χ2n) is 10.2. The van der Waals surface area contributed by atoms with Crippen molar-refractivity contribution < 1.29 is 17.9 Å². The maximum absolute atomic E-state index is 13.5. The van der Waals surface area contributed by atoms with Crippen LogP contribution in [-0.4, -0.2) is 53.6 Å². The van der Waals surface area contributed by atoms with Crippen molar-refractivity contribution in [2.75, 3.05) is 19.4 Å². The Labute approximate surface area is 224 Å². The summed E-state index contributed by atoms with van der Waals surface area (Å²) in [6.07, 6.45) is 1.51. The molecule has 2 aromatic heterocycles. The third kappa shape index (κ3) is 5.11. The molecule has 9 nitrogen and oxygen atoms in total. The average molecular weight is 543 g/mol. The standard InChI is InChI=1S/C28H38N4O5S/c1-7-38(35,36)31-13-12-21(15-18(31)3)19(4)32-20(5)26(22-10-8-9-11-24(22)32)28(34)29-16-23-25(37-6)14-17(2)30-27(23)33/h8-11,14,18-19,21H,7,12-13,15-16H2,1-6H3,(H,29,34)(H,30,33). The van der Waals surface area contributed by atoms with Gasteiger partial charge in [0, 0.05) is 40.9 Å². The van der Waals surface area contributed by atoms with E-state index in [0.717, 1.165) is 29.4 Å². The van der Waals surface area contributed by atoms with E-state index in [-0.39, 0.29) is 41.8 Å². The van der Waals surface area contributed by atoms with Gasteiger partial charge in [-0.25, -0.2) is 8.42 Å². The van der Waals surface area contributed by atoms with Crippen LogP contribution in [0, 0.1) is 19.8 Å². The second kappa shape index (κ2) is 10.9. The molecule has 1 aliphatic rings. The van der Waals surface area contributed by atoms with Gasteiger partial charge >= 0.3 is 0 Å². The van der Waals surface area contributed by atoms with E-state index in [1.807, 2.05) is 38.1 Å². The predicted octanol–water partition coefficient (Wildman–Crippen LogP) is 3.90. The number of nitrogens with one attached hydrogen (secondary N) is 2. The zero-order valence-corrected chi connectivity index (χ0v) is 23.8. The SMILES string of the molecule is CCS(=O)(=O)N1CCC(C(C)n2c(C)c(C(=O)NCc3c(OC)cc(C)[nH]c3=O)c3ccccc32)CC1C. The highest BCUT2D eigenvalue weighted by Crippen LogP contribution is 2.37. The lowest BCUT2D eigenvalue weighted by Crippen LogP contribution is -2.46. The molecule has 1 amide bonds. The highest BCUT2D eigenvalue weighted by molar-refractivity contribution is 7.89. The molecule has 3 aromatic rings. The lowest BCUT2D eigenvalue weighted by molar-refractivity contribution is 0.0950. The number of para-hydroxylation sites is 1. The monoisotopic (exact) mass is 542 g/mol. The molecule has 2 N–H and O–H groups in total. The molecule has 10 heteroatoms. The van der Waals surface area contributed by atoms with Crippen molar-refractivity contribution in [1.29, 1.82) is 0 Å². The van der Waals surface area contributed by atoms with Crippen molar-refractivity contribution in [1.82, 2.24) is 19.2 Å². The van der Waals surface area contributed by atoms with Crippen LogP contribution in [0.25, 0.3) is 10.9 Å². The first kappa shape index (κ1) is 27.9. The van der Waals surface area contributed by atoms with Crippen LogP contribution in [-0.2, 0) is 16.6 Å². The number of aromatic amines is 1. The first-order chi connectivity index (χ1) is 18.0. The molecule has 0 saturated carbocycles. The van der Waals surface area contributed by atoms with Gasteiger partial charge < -0.3 is 19.6 Å². The van der Waals surface area contributed by atoms with Crippen molar-refractivity contribution in [2.24, 2.45) is 5.92 Å². The zero-order chi connectivity index (χ0) is 27.8. The number of amides is 1. The van der Waals surface area contributed by atoms with Gasteiger partial charge in [0.1, 0.15) is 5.75 Å². The Bertz CT molecular complexity index is 1510. The molecule has 1 fully saturated rings. The van der Waals surface area contributed by atoms with Crippen LogP contribution in [0.1, 0.15) is 67.0 Å². The van der Waals surface area contributed by atoms with Crippen LogP contribution in [0.3, 0.4) is 0 Å². The van der Waals surface area contributed by atoms with Crippen LogP contribution in [0.5, 0.6) is 5.75 Å². The van der Waals surface area contributed by atoms with Gasteiger partial charge in [0.05, 0.1) is 30.5 Å². The summed E-state index contributed by atoms with van der Waals surface area (Å²) in [7, 11) is -1.73. The fraction of sp³-hybridized carbons (Fsp3) is 0.500. The number of methoxy groups -OCH3 is 1. The third-order valence-corrected chi connectivity index (χ3v) is 9.91. The van der Waals surface area contributed by atoms with Crippen LogP contribution < -0.4 is 15.6 Å². The number of aryl methyl sites for hydroxylation is 1. The summed E-state index contributed by atoms with van der Waals surface area (Å²) in [4.78, 5) is 28.8. The molecule has 3 heterocycles. The van der Waals surface area contributed by atoms with Crippen molar-refractivity contribution in [2.45, 2.75) is 66.1 Å². The van der Waals surface area contributed by atoms with E-state index in [1.165, 1.54) is 7.11 Å². The van der Waals surface area contributed by atoms with Gasteiger partial charge in [0.15, 0.2) is 0 Å². The highest BCUT2D eigenvalue weighted by Gasteiger charge is 2.36. The number of hydrogen-bond acceptors (Lipinski definition) is 5. The summed E-state index contributed by atoms with van der Waals surface area (Å²) in [5, 5.41) is 3.77. The van der Waals surface area contributed by atoms with E-state index in [4.69, 9.17) is 4.74 Å². The number of aromatic nitrogens is 2. The number of rotatable bonds is 8. The van der Waals surface area contributed by atoms with E-state index < -0.39 is 10.0 Å². The molecular weight excluding hydrogens is 504 g/mol. The molecular formula is C28H38N4O5S. The number of carbonyl (C=O) groups excluding carboxylic acids is 1. The van der Waals surface area contributed by atoms with Gasteiger partial charge in [0.25, 0.3) is 11.5 Å². The van der Waals surface area contributed by atoms with Crippen molar-refractivity contribution >= 4 is 26.8 Å². The third-order valence-electron chi connectivity index (χ3n) is 7.93. The molecule has 3 unspecified atom stereocenters. The number of hydrogen-bond donors (Lipinski definition) is 2. The van der Waals surface area contributed by atoms with Gasteiger partial charge in [-0.15, -0.1) is 0 Å². The minimum atomic E-state index is -3.23. The van der Waals surface area contributed by atoms with Crippen LogP contribution in [0.2, 0.25) is 0 Å². The van der Waals surface area contributed by atoms with Crippen LogP contribution in [0.4, 0.5) is 0 Å². The van der Waals surface area contributed by atoms with E-state index in [1.54, 1.807) is 24.2 Å². The molecule has 0 spiro atoms. The molecule has 1 saturated heterocycles. The number of sulfonamides is 1. The number of piperidine rings is 1. The summed E-state index contributed by atoms with van der Waals surface area (Å²) in [5.41, 5.74) is 3.14.